The van der Waals surface area contributed by atoms with E-state index in [2.05, 4.69) is 10.2 Å². The fourth-order valence-corrected chi connectivity index (χ4v) is 1.58. The first kappa shape index (κ1) is 11.5. The summed E-state index contributed by atoms with van der Waals surface area (Å²) in [5, 5.41) is 7.63. The number of rotatable bonds is 5. The van der Waals surface area contributed by atoms with Gasteiger partial charge in [0.25, 0.3) is 0 Å². The van der Waals surface area contributed by atoms with Crippen molar-refractivity contribution in [3.05, 3.63) is 54.6 Å². The molecule has 0 spiro atoms. The van der Waals surface area contributed by atoms with Gasteiger partial charge >= 0.3 is 6.03 Å². The molecule has 0 N–H and O–H groups in total. The number of ether oxygens (including phenoxy) is 3. The van der Waals surface area contributed by atoms with Crippen molar-refractivity contribution in [2.45, 2.75) is 6.03 Å². The van der Waals surface area contributed by atoms with Crippen molar-refractivity contribution in [2.24, 2.45) is 10.2 Å². The lowest BCUT2D eigenvalue weighted by Gasteiger charge is -2.14. The average Bonchev–Trinajstić information content (AvgIpc) is 3.20. The van der Waals surface area contributed by atoms with E-state index in [1.165, 1.54) is 0 Å². The lowest BCUT2D eigenvalue weighted by molar-refractivity contribution is -0.0387. The van der Waals surface area contributed by atoms with Crippen LogP contribution >= 0.6 is 0 Å². The summed E-state index contributed by atoms with van der Waals surface area (Å²) in [7, 11) is 1.61. The number of hydrogen-bond donors (Lipinski definition) is 0. The Morgan fingerprint density at radius 2 is 1.26 bits per heavy atom. The molecule has 0 atom stereocenters. The second-order valence-electron chi connectivity index (χ2n) is 3.94. The summed E-state index contributed by atoms with van der Waals surface area (Å²) in [5.41, 5.74) is 0. The Bertz CT molecular complexity index is 575. The lowest BCUT2D eigenvalue weighted by atomic mass is 10.3. The smallest absolute Gasteiger partial charge is 0.497 e. The average molecular weight is 256 g/mol. The van der Waals surface area contributed by atoms with E-state index in [1.54, 1.807) is 31.4 Å². The van der Waals surface area contributed by atoms with Crippen LogP contribution in [0, 0.1) is 0 Å². The zero-order valence-corrected chi connectivity index (χ0v) is 10.3. The van der Waals surface area contributed by atoms with Crippen LogP contribution in [0.2, 0.25) is 0 Å². The van der Waals surface area contributed by atoms with E-state index in [-0.39, 0.29) is 0 Å². The Hall–Kier alpha value is -2.56. The third-order valence-electron chi connectivity index (χ3n) is 2.57. The van der Waals surface area contributed by atoms with Crippen molar-refractivity contribution in [1.29, 1.82) is 0 Å². The van der Waals surface area contributed by atoms with Gasteiger partial charge in [-0.2, -0.15) is 0 Å². The fourth-order valence-electron chi connectivity index (χ4n) is 1.58. The van der Waals surface area contributed by atoms with Gasteiger partial charge in [0.1, 0.15) is 17.2 Å². The molecule has 0 radical (unpaired) electrons. The molecule has 5 nitrogen and oxygen atoms in total. The van der Waals surface area contributed by atoms with E-state index >= 15 is 0 Å². The molecular weight excluding hydrogens is 244 g/mol. The van der Waals surface area contributed by atoms with E-state index in [1.807, 2.05) is 30.3 Å². The Labute approximate surface area is 110 Å². The molecule has 1 aliphatic heterocycles. The third kappa shape index (κ3) is 2.65. The van der Waals surface area contributed by atoms with Gasteiger partial charge in [-0.15, -0.1) is 0 Å². The summed E-state index contributed by atoms with van der Waals surface area (Å²) in [6.07, 6.45) is 0. The van der Waals surface area contributed by atoms with Crippen LogP contribution in [0.1, 0.15) is 0 Å². The molecule has 96 valence electrons. The van der Waals surface area contributed by atoms with Crippen molar-refractivity contribution in [3.8, 4) is 17.2 Å². The molecule has 1 heterocycles. The molecule has 0 unspecified atom stereocenters. The molecule has 2 aromatic carbocycles. The summed E-state index contributed by atoms with van der Waals surface area (Å²) >= 11 is 0. The number of methoxy groups -OCH3 is 1. The molecule has 19 heavy (non-hydrogen) atoms. The summed E-state index contributed by atoms with van der Waals surface area (Å²) < 4.78 is 16.3. The topological polar surface area (TPSA) is 52.4 Å². The molecule has 2 aromatic rings. The zero-order valence-electron chi connectivity index (χ0n) is 10.3. The standard InChI is InChI=1S/C14H12N2O3/c1-17-11-7-9-13(10-8-11)19-14(15-16-14)18-12-5-3-2-4-6-12/h2-10H,1H3. The minimum absolute atomic E-state index is 0.613. The normalized spacial score (nSPS) is 14.8. The van der Waals surface area contributed by atoms with E-state index < -0.39 is 6.03 Å². The second-order valence-corrected chi connectivity index (χ2v) is 3.94. The van der Waals surface area contributed by atoms with Crippen molar-refractivity contribution in [3.63, 3.8) is 0 Å². The van der Waals surface area contributed by atoms with Crippen molar-refractivity contribution in [1.82, 2.24) is 0 Å². The van der Waals surface area contributed by atoms with E-state index in [4.69, 9.17) is 14.2 Å². The highest BCUT2D eigenvalue weighted by Gasteiger charge is 2.47. The van der Waals surface area contributed by atoms with Crippen LogP contribution in [0.25, 0.3) is 0 Å². The second kappa shape index (κ2) is 4.61. The van der Waals surface area contributed by atoms with Gasteiger partial charge in [-0.05, 0) is 36.4 Å². The Morgan fingerprint density at radius 1 is 0.737 bits per heavy atom. The maximum absolute atomic E-state index is 5.61. The number of benzene rings is 2. The van der Waals surface area contributed by atoms with Crippen LogP contribution in [0.3, 0.4) is 0 Å². The van der Waals surface area contributed by atoms with E-state index in [0.29, 0.717) is 11.5 Å². The minimum Gasteiger partial charge on any atom is -0.497 e. The van der Waals surface area contributed by atoms with Crippen LogP contribution in [0.5, 0.6) is 17.2 Å². The highest BCUT2D eigenvalue weighted by molar-refractivity contribution is 5.32. The molecule has 0 bridgehead atoms. The third-order valence-corrected chi connectivity index (χ3v) is 2.57. The van der Waals surface area contributed by atoms with Gasteiger partial charge < -0.3 is 14.2 Å². The highest BCUT2D eigenvalue weighted by Crippen LogP contribution is 2.34. The molecule has 0 aliphatic carbocycles. The Kier molecular flexibility index (Phi) is 2.79. The van der Waals surface area contributed by atoms with Gasteiger partial charge in [-0.25, -0.2) is 0 Å². The van der Waals surface area contributed by atoms with Gasteiger partial charge in [0.05, 0.1) is 7.11 Å². The van der Waals surface area contributed by atoms with Crippen molar-refractivity contribution in [2.75, 3.05) is 7.11 Å². The van der Waals surface area contributed by atoms with Crippen LogP contribution in [-0.4, -0.2) is 13.1 Å². The molecular formula is C14H12N2O3. The van der Waals surface area contributed by atoms with Crippen LogP contribution < -0.4 is 14.2 Å². The zero-order chi connectivity index (χ0) is 13.1. The minimum atomic E-state index is -1.24. The molecule has 0 saturated carbocycles. The van der Waals surface area contributed by atoms with Gasteiger partial charge in [-0.3, -0.25) is 0 Å². The molecule has 0 saturated heterocycles. The number of para-hydroxylation sites is 1. The maximum atomic E-state index is 5.61. The lowest BCUT2D eigenvalue weighted by Crippen LogP contribution is -2.27. The molecule has 0 fully saturated rings. The SMILES string of the molecule is COc1ccc(OC2(Oc3ccccc3)N=N2)cc1. The predicted octanol–water partition coefficient (Wildman–Crippen LogP) is 3.23. The molecule has 5 heteroatoms. The van der Waals surface area contributed by atoms with Crippen LogP contribution in [0.4, 0.5) is 0 Å². The van der Waals surface area contributed by atoms with Crippen molar-refractivity contribution < 1.29 is 14.2 Å². The monoisotopic (exact) mass is 256 g/mol. The number of hydrogen-bond acceptors (Lipinski definition) is 5. The summed E-state index contributed by atoms with van der Waals surface area (Å²) in [4.78, 5) is 0. The first-order chi connectivity index (χ1) is 9.30. The largest absolute Gasteiger partial charge is 0.506 e. The maximum Gasteiger partial charge on any atom is 0.506 e. The van der Waals surface area contributed by atoms with E-state index in [0.717, 1.165) is 5.75 Å². The van der Waals surface area contributed by atoms with Gasteiger partial charge in [0.15, 0.2) is 0 Å². The van der Waals surface area contributed by atoms with Crippen LogP contribution in [0.15, 0.2) is 64.8 Å². The molecule has 3 rings (SSSR count). The van der Waals surface area contributed by atoms with Gasteiger partial charge in [-0.1, -0.05) is 28.4 Å². The Balaban J connectivity index is 1.68. The van der Waals surface area contributed by atoms with Gasteiger partial charge in [0.2, 0.25) is 0 Å². The van der Waals surface area contributed by atoms with E-state index in [9.17, 15) is 0 Å². The molecule has 0 aromatic heterocycles. The highest BCUT2D eigenvalue weighted by atomic mass is 16.8. The summed E-state index contributed by atoms with van der Waals surface area (Å²) in [5.74, 6) is 2.03. The van der Waals surface area contributed by atoms with Crippen LogP contribution in [-0.2, 0) is 0 Å². The first-order valence-corrected chi connectivity index (χ1v) is 5.81. The first-order valence-electron chi connectivity index (χ1n) is 5.81. The molecule has 1 aliphatic rings. The van der Waals surface area contributed by atoms with Gasteiger partial charge in [0, 0.05) is 0 Å². The fraction of sp³-hybridized carbons (Fsp3) is 0.143. The summed E-state index contributed by atoms with van der Waals surface area (Å²) in [6, 6.07) is 15.2. The molecule has 0 amide bonds. The quantitative estimate of drug-likeness (QED) is 0.772. The number of nitrogens with zero attached hydrogens (tertiary/aromatic N) is 2. The Morgan fingerprint density at radius 3 is 1.79 bits per heavy atom. The predicted molar refractivity (Wildman–Crippen MR) is 68.3 cm³/mol. The summed E-state index contributed by atoms with van der Waals surface area (Å²) in [6.45, 7) is 0. The van der Waals surface area contributed by atoms with Crippen molar-refractivity contribution >= 4 is 0 Å².